The molecule has 4 heteroatoms. The molecule has 0 aliphatic heterocycles. The number of rotatable bonds is 4. The zero-order valence-electron chi connectivity index (χ0n) is 11.9. The largest absolute Gasteiger partial charge is 0.310 e. The van der Waals surface area contributed by atoms with Gasteiger partial charge in [0.05, 0.1) is 17.7 Å². The van der Waals surface area contributed by atoms with Crippen LogP contribution in [-0.2, 0) is 6.54 Å². The predicted molar refractivity (Wildman–Crippen MR) is 75.0 cm³/mol. The summed E-state index contributed by atoms with van der Waals surface area (Å²) >= 11 is 0. The van der Waals surface area contributed by atoms with Gasteiger partial charge in [-0.15, -0.1) is 0 Å². The first kappa shape index (κ1) is 13.7. The quantitative estimate of drug-likeness (QED) is 0.916. The zero-order chi connectivity index (χ0) is 14.0. The third kappa shape index (κ3) is 3.01. The fourth-order valence-corrected chi connectivity index (χ4v) is 1.92. The fourth-order valence-electron chi connectivity index (χ4n) is 1.92. The molecular formula is C15H20FN3. The molecule has 102 valence electrons. The summed E-state index contributed by atoms with van der Waals surface area (Å²) in [6.45, 7) is 8.68. The van der Waals surface area contributed by atoms with E-state index in [9.17, 15) is 4.39 Å². The minimum atomic E-state index is -0.219. The predicted octanol–water partition coefficient (Wildman–Crippen LogP) is 3.13. The number of nitrogens with zero attached hydrogens (tertiary/aromatic N) is 2. The van der Waals surface area contributed by atoms with Gasteiger partial charge in [0.15, 0.2) is 0 Å². The molecule has 1 heterocycles. The summed E-state index contributed by atoms with van der Waals surface area (Å²) < 4.78 is 16.0. The SMILES string of the molecule is Cc1ncn(-c2ccc(CNC(C)C)cc2F)c1C. The van der Waals surface area contributed by atoms with Crippen molar-refractivity contribution in [3.8, 4) is 5.69 Å². The number of aromatic nitrogens is 2. The van der Waals surface area contributed by atoms with Crippen LogP contribution in [0.5, 0.6) is 0 Å². The van der Waals surface area contributed by atoms with E-state index in [1.165, 1.54) is 0 Å². The maximum absolute atomic E-state index is 14.2. The molecule has 0 atom stereocenters. The van der Waals surface area contributed by atoms with E-state index in [2.05, 4.69) is 24.1 Å². The lowest BCUT2D eigenvalue weighted by atomic mass is 10.2. The average Bonchev–Trinajstić information content (AvgIpc) is 2.68. The van der Waals surface area contributed by atoms with Crippen LogP contribution in [0.3, 0.4) is 0 Å². The van der Waals surface area contributed by atoms with E-state index in [1.807, 2.05) is 19.9 Å². The van der Waals surface area contributed by atoms with E-state index in [-0.39, 0.29) is 5.82 Å². The third-order valence-electron chi connectivity index (χ3n) is 3.24. The van der Waals surface area contributed by atoms with Gasteiger partial charge in [-0.25, -0.2) is 9.37 Å². The molecule has 1 N–H and O–H groups in total. The molecule has 0 fully saturated rings. The molecular weight excluding hydrogens is 241 g/mol. The van der Waals surface area contributed by atoms with Crippen LogP contribution in [0.15, 0.2) is 24.5 Å². The average molecular weight is 261 g/mol. The highest BCUT2D eigenvalue weighted by Crippen LogP contribution is 2.18. The normalized spacial score (nSPS) is 11.3. The molecule has 0 bridgehead atoms. The molecule has 1 aromatic carbocycles. The number of hydrogen-bond acceptors (Lipinski definition) is 2. The molecule has 0 spiro atoms. The molecule has 0 amide bonds. The smallest absolute Gasteiger partial charge is 0.147 e. The second-order valence-corrected chi connectivity index (χ2v) is 5.11. The van der Waals surface area contributed by atoms with Crippen molar-refractivity contribution in [2.45, 2.75) is 40.3 Å². The Labute approximate surface area is 113 Å². The van der Waals surface area contributed by atoms with Crippen molar-refractivity contribution in [1.82, 2.24) is 14.9 Å². The van der Waals surface area contributed by atoms with Crippen LogP contribution in [0.1, 0.15) is 30.8 Å². The van der Waals surface area contributed by atoms with Crippen molar-refractivity contribution in [3.05, 3.63) is 47.3 Å². The van der Waals surface area contributed by atoms with Crippen LogP contribution in [0.4, 0.5) is 4.39 Å². The van der Waals surface area contributed by atoms with Gasteiger partial charge in [-0.3, -0.25) is 0 Å². The summed E-state index contributed by atoms with van der Waals surface area (Å²) in [6, 6.07) is 5.73. The highest BCUT2D eigenvalue weighted by molar-refractivity contribution is 5.38. The Hall–Kier alpha value is -1.68. The summed E-state index contributed by atoms with van der Waals surface area (Å²) in [4.78, 5) is 4.20. The summed E-state index contributed by atoms with van der Waals surface area (Å²) in [7, 11) is 0. The fraction of sp³-hybridized carbons (Fsp3) is 0.400. The molecule has 0 saturated heterocycles. The molecule has 19 heavy (non-hydrogen) atoms. The lowest BCUT2D eigenvalue weighted by Crippen LogP contribution is -2.21. The Morgan fingerprint density at radius 1 is 1.32 bits per heavy atom. The molecule has 0 saturated carbocycles. The first-order valence-electron chi connectivity index (χ1n) is 6.51. The van der Waals surface area contributed by atoms with Gasteiger partial charge >= 0.3 is 0 Å². The first-order valence-corrected chi connectivity index (χ1v) is 6.51. The minimum absolute atomic E-state index is 0.219. The van der Waals surface area contributed by atoms with E-state index >= 15 is 0 Å². The highest BCUT2D eigenvalue weighted by atomic mass is 19.1. The van der Waals surface area contributed by atoms with Gasteiger partial charge in [-0.2, -0.15) is 0 Å². The summed E-state index contributed by atoms with van der Waals surface area (Å²) in [5.74, 6) is -0.219. The number of halogens is 1. The Morgan fingerprint density at radius 2 is 2.05 bits per heavy atom. The minimum Gasteiger partial charge on any atom is -0.310 e. The molecule has 0 radical (unpaired) electrons. The van der Waals surface area contributed by atoms with Gasteiger partial charge < -0.3 is 9.88 Å². The van der Waals surface area contributed by atoms with Gasteiger partial charge in [0, 0.05) is 18.3 Å². The van der Waals surface area contributed by atoms with Crippen LogP contribution in [0.2, 0.25) is 0 Å². The van der Waals surface area contributed by atoms with E-state index in [4.69, 9.17) is 0 Å². The van der Waals surface area contributed by atoms with Crippen molar-refractivity contribution in [2.24, 2.45) is 0 Å². The topological polar surface area (TPSA) is 29.9 Å². The summed E-state index contributed by atoms with van der Waals surface area (Å²) in [5.41, 5.74) is 3.38. The number of nitrogens with one attached hydrogen (secondary N) is 1. The lowest BCUT2D eigenvalue weighted by Gasteiger charge is -2.11. The van der Waals surface area contributed by atoms with Crippen molar-refractivity contribution in [3.63, 3.8) is 0 Å². The maximum atomic E-state index is 14.2. The molecule has 0 unspecified atom stereocenters. The number of imidazole rings is 1. The Morgan fingerprint density at radius 3 is 2.58 bits per heavy atom. The van der Waals surface area contributed by atoms with Crippen molar-refractivity contribution in [1.29, 1.82) is 0 Å². The maximum Gasteiger partial charge on any atom is 0.147 e. The second kappa shape index (κ2) is 5.53. The molecule has 1 aromatic heterocycles. The van der Waals surface area contributed by atoms with E-state index in [0.717, 1.165) is 17.0 Å². The standard InChI is InChI=1S/C15H20FN3/c1-10(2)17-8-13-5-6-15(14(16)7-13)19-9-18-11(3)12(19)4/h5-7,9-10,17H,8H2,1-4H3. The van der Waals surface area contributed by atoms with Crippen molar-refractivity contribution >= 4 is 0 Å². The number of hydrogen-bond donors (Lipinski definition) is 1. The number of aryl methyl sites for hydroxylation is 1. The van der Waals surface area contributed by atoms with Crippen LogP contribution in [0, 0.1) is 19.7 Å². The van der Waals surface area contributed by atoms with Gasteiger partial charge in [0.25, 0.3) is 0 Å². The molecule has 0 aliphatic carbocycles. The Kier molecular flexibility index (Phi) is 4.00. The molecule has 2 rings (SSSR count). The highest BCUT2D eigenvalue weighted by Gasteiger charge is 2.09. The van der Waals surface area contributed by atoms with Crippen LogP contribution >= 0.6 is 0 Å². The third-order valence-corrected chi connectivity index (χ3v) is 3.24. The van der Waals surface area contributed by atoms with Crippen molar-refractivity contribution in [2.75, 3.05) is 0 Å². The second-order valence-electron chi connectivity index (χ2n) is 5.11. The van der Waals surface area contributed by atoms with Crippen LogP contribution in [0.25, 0.3) is 5.69 Å². The monoisotopic (exact) mass is 261 g/mol. The lowest BCUT2D eigenvalue weighted by molar-refractivity contribution is 0.579. The van der Waals surface area contributed by atoms with Gasteiger partial charge in [-0.05, 0) is 31.5 Å². The zero-order valence-corrected chi connectivity index (χ0v) is 11.9. The van der Waals surface area contributed by atoms with Crippen LogP contribution in [-0.4, -0.2) is 15.6 Å². The number of benzene rings is 1. The van der Waals surface area contributed by atoms with Crippen molar-refractivity contribution < 1.29 is 4.39 Å². The van der Waals surface area contributed by atoms with Gasteiger partial charge in [0.2, 0.25) is 0 Å². The Bertz CT molecular complexity index is 573. The molecule has 0 aliphatic rings. The first-order chi connectivity index (χ1) is 8.99. The van der Waals surface area contributed by atoms with Gasteiger partial charge in [0.1, 0.15) is 5.82 Å². The van der Waals surface area contributed by atoms with E-state index < -0.39 is 0 Å². The van der Waals surface area contributed by atoms with E-state index in [1.54, 1.807) is 23.0 Å². The van der Waals surface area contributed by atoms with Crippen LogP contribution < -0.4 is 5.32 Å². The van der Waals surface area contributed by atoms with E-state index in [0.29, 0.717) is 18.3 Å². The van der Waals surface area contributed by atoms with Gasteiger partial charge in [-0.1, -0.05) is 19.9 Å². The Balaban J connectivity index is 2.27. The molecule has 2 aromatic rings. The molecule has 3 nitrogen and oxygen atoms in total. The summed E-state index contributed by atoms with van der Waals surface area (Å²) in [6.07, 6.45) is 1.66. The summed E-state index contributed by atoms with van der Waals surface area (Å²) in [5, 5.41) is 3.28.